The third-order valence-corrected chi connectivity index (χ3v) is 1.77. The number of likely N-dealkylation sites (N-methyl/N-ethyl adjacent to an activating group) is 1. The third kappa shape index (κ3) is 4.99. The molecule has 0 radical (unpaired) electrons. The van der Waals surface area contributed by atoms with Gasteiger partial charge in [0.1, 0.15) is 11.0 Å². The molecule has 1 aromatic heterocycles. The summed E-state index contributed by atoms with van der Waals surface area (Å²) in [6.07, 6.45) is 0. The number of anilines is 1. The van der Waals surface area contributed by atoms with Crippen LogP contribution in [0, 0.1) is 0 Å². The maximum Gasteiger partial charge on any atom is 1.00 e. The Labute approximate surface area is 119 Å². The van der Waals surface area contributed by atoms with E-state index in [2.05, 4.69) is 9.97 Å². The summed E-state index contributed by atoms with van der Waals surface area (Å²) in [4.78, 5) is 19.1. The third-order valence-electron chi connectivity index (χ3n) is 1.41. The first-order valence-electron chi connectivity index (χ1n) is 3.60. The molecule has 0 amide bonds. The van der Waals surface area contributed by atoms with Gasteiger partial charge in [0.15, 0.2) is 0 Å². The van der Waals surface area contributed by atoms with Crippen LogP contribution in [0.3, 0.4) is 0 Å². The molecule has 0 aliphatic rings. The normalized spacial score (nSPS) is 9.27. The second kappa shape index (κ2) is 6.50. The van der Waals surface area contributed by atoms with Crippen LogP contribution in [0.15, 0.2) is 6.07 Å². The van der Waals surface area contributed by atoms with Gasteiger partial charge in [-0.2, -0.15) is 0 Å². The first-order valence-corrected chi connectivity index (χ1v) is 4.35. The Morgan fingerprint density at radius 3 is 2.60 bits per heavy atom. The van der Waals surface area contributed by atoms with E-state index in [9.17, 15) is 9.90 Å². The molecule has 0 bridgehead atoms. The van der Waals surface area contributed by atoms with E-state index in [1.54, 1.807) is 0 Å². The van der Waals surface area contributed by atoms with Crippen LogP contribution in [0.25, 0.3) is 0 Å². The van der Waals surface area contributed by atoms with E-state index >= 15 is 0 Å². The monoisotopic (exact) mass is 257 g/mol. The smallest absolute Gasteiger partial charge is 0.548 e. The van der Waals surface area contributed by atoms with Crippen LogP contribution >= 0.6 is 23.2 Å². The van der Waals surface area contributed by atoms with E-state index in [-0.39, 0.29) is 46.5 Å². The quantitative estimate of drug-likeness (QED) is 0.328. The number of aliphatic carboxylic acids is 1. The summed E-state index contributed by atoms with van der Waals surface area (Å²) in [5.41, 5.74) is 0. The number of rotatable bonds is 3. The Balaban J connectivity index is 0.00000196. The number of nitrogens with zero attached hydrogens (tertiary/aromatic N) is 3. The van der Waals surface area contributed by atoms with E-state index in [1.807, 2.05) is 0 Å². The summed E-state index contributed by atoms with van der Waals surface area (Å²) in [7, 11) is 1.53. The van der Waals surface area contributed by atoms with Crippen molar-refractivity contribution in [3.05, 3.63) is 16.5 Å². The van der Waals surface area contributed by atoms with Crippen LogP contribution in [0.4, 0.5) is 5.82 Å². The molecule has 0 saturated heterocycles. The molecule has 0 fully saturated rings. The molecule has 0 aliphatic heterocycles. The topological polar surface area (TPSA) is 69.2 Å². The first kappa shape index (κ1) is 14.9. The predicted molar refractivity (Wildman–Crippen MR) is 50.3 cm³/mol. The van der Waals surface area contributed by atoms with Crippen LogP contribution in [0.1, 0.15) is 0 Å². The number of carbonyl (C=O) groups is 1. The van der Waals surface area contributed by atoms with Gasteiger partial charge in [-0.05, 0) is 11.6 Å². The van der Waals surface area contributed by atoms with E-state index < -0.39 is 5.97 Å². The van der Waals surface area contributed by atoms with Crippen molar-refractivity contribution in [1.82, 2.24) is 9.97 Å². The van der Waals surface area contributed by atoms with Crippen molar-refractivity contribution in [1.29, 1.82) is 0 Å². The Bertz CT molecular complexity index is 344. The molecule has 0 N–H and O–H groups in total. The number of halogens is 2. The van der Waals surface area contributed by atoms with Crippen LogP contribution in [0.5, 0.6) is 0 Å². The number of hydrogen-bond acceptors (Lipinski definition) is 5. The number of hydrogen-bond donors (Lipinski definition) is 0. The average molecular weight is 258 g/mol. The Hall–Kier alpha value is -0.0700. The van der Waals surface area contributed by atoms with Crippen molar-refractivity contribution >= 4 is 35.0 Å². The minimum Gasteiger partial charge on any atom is -0.548 e. The average Bonchev–Trinajstić information content (AvgIpc) is 2.00. The van der Waals surface area contributed by atoms with Crippen molar-refractivity contribution in [2.24, 2.45) is 0 Å². The van der Waals surface area contributed by atoms with Gasteiger partial charge in [0.25, 0.3) is 0 Å². The molecule has 5 nitrogen and oxygen atoms in total. The molecule has 1 rings (SSSR count). The molecule has 0 unspecified atom stereocenters. The van der Waals surface area contributed by atoms with Crippen molar-refractivity contribution in [2.45, 2.75) is 0 Å². The number of carboxylic acids is 1. The second-order valence-electron chi connectivity index (χ2n) is 2.55. The van der Waals surface area contributed by atoms with Gasteiger partial charge in [-0.3, -0.25) is 0 Å². The van der Waals surface area contributed by atoms with Crippen molar-refractivity contribution < 1.29 is 39.5 Å². The molecule has 0 atom stereocenters. The minimum atomic E-state index is -1.21. The zero-order valence-corrected chi connectivity index (χ0v) is 11.7. The summed E-state index contributed by atoms with van der Waals surface area (Å²) in [6, 6.07) is 1.41. The fraction of sp³-hybridized carbons (Fsp3) is 0.286. The second-order valence-corrected chi connectivity index (χ2v) is 3.27. The Morgan fingerprint density at radius 2 is 2.13 bits per heavy atom. The molecule has 0 saturated carbocycles. The molecule has 1 heterocycles. The molecule has 76 valence electrons. The van der Waals surface area contributed by atoms with Crippen LogP contribution < -0.4 is 39.6 Å². The Morgan fingerprint density at radius 1 is 1.53 bits per heavy atom. The zero-order chi connectivity index (χ0) is 10.7. The first-order chi connectivity index (χ1) is 6.49. The van der Waals surface area contributed by atoms with Crippen LogP contribution in [-0.4, -0.2) is 29.5 Å². The summed E-state index contributed by atoms with van der Waals surface area (Å²) < 4.78 is 0. The number of carbonyl (C=O) groups excluding carboxylic acids is 1. The summed E-state index contributed by atoms with van der Waals surface area (Å²) in [6.45, 7) is -0.288. The van der Waals surface area contributed by atoms with E-state index in [0.29, 0.717) is 5.82 Å². The largest absolute Gasteiger partial charge is 1.00 e. The van der Waals surface area contributed by atoms with Crippen LogP contribution in [-0.2, 0) is 4.79 Å². The molecular formula is C7H6Cl2N3NaO2. The molecule has 0 aliphatic carbocycles. The fourth-order valence-electron chi connectivity index (χ4n) is 0.849. The van der Waals surface area contributed by atoms with Gasteiger partial charge >= 0.3 is 29.6 Å². The molecule has 8 heteroatoms. The molecule has 0 spiro atoms. The number of aromatic nitrogens is 2. The maximum absolute atomic E-state index is 10.3. The van der Waals surface area contributed by atoms with Crippen LogP contribution in [0.2, 0.25) is 10.4 Å². The zero-order valence-electron chi connectivity index (χ0n) is 8.20. The fourth-order valence-corrected chi connectivity index (χ4v) is 1.25. The SMILES string of the molecule is CN(CC(=O)[O-])c1cc(Cl)nc(Cl)n1.[Na+]. The summed E-state index contributed by atoms with van der Waals surface area (Å²) in [5, 5.41) is 10.4. The van der Waals surface area contributed by atoms with Crippen molar-refractivity contribution in [3.63, 3.8) is 0 Å². The summed E-state index contributed by atoms with van der Waals surface area (Å²) in [5.74, 6) is -0.877. The van der Waals surface area contributed by atoms with Gasteiger partial charge in [0.2, 0.25) is 5.28 Å². The maximum atomic E-state index is 10.3. The number of carboxylic acid groups (broad SMARTS) is 1. The molecule has 1 aromatic rings. The van der Waals surface area contributed by atoms with Crippen molar-refractivity contribution in [3.8, 4) is 0 Å². The molecular weight excluding hydrogens is 252 g/mol. The predicted octanol–water partition coefficient (Wildman–Crippen LogP) is -3.03. The van der Waals surface area contributed by atoms with Gasteiger partial charge < -0.3 is 14.8 Å². The van der Waals surface area contributed by atoms with Crippen molar-refractivity contribution in [2.75, 3.05) is 18.5 Å². The minimum absolute atomic E-state index is 0. The van der Waals surface area contributed by atoms with E-state index in [0.717, 1.165) is 0 Å². The van der Waals surface area contributed by atoms with Gasteiger partial charge in [0, 0.05) is 13.1 Å². The van der Waals surface area contributed by atoms with E-state index in [1.165, 1.54) is 18.0 Å². The van der Waals surface area contributed by atoms with Gasteiger partial charge in [0.05, 0.1) is 12.5 Å². The molecule has 0 aromatic carbocycles. The van der Waals surface area contributed by atoms with Gasteiger partial charge in [-0.1, -0.05) is 11.6 Å². The molecule has 15 heavy (non-hydrogen) atoms. The van der Waals surface area contributed by atoms with E-state index in [4.69, 9.17) is 23.2 Å². The summed E-state index contributed by atoms with van der Waals surface area (Å²) >= 11 is 11.1. The standard InChI is InChI=1S/C7H7Cl2N3O2.Na/c1-12(3-6(13)14)5-2-4(8)10-7(9)11-5;/h2H,3H2,1H3,(H,13,14);/q;+1/p-1. The Kier molecular flexibility index (Phi) is 6.47. The van der Waals surface area contributed by atoms with Gasteiger partial charge in [-0.25, -0.2) is 9.97 Å². The van der Waals surface area contributed by atoms with Gasteiger partial charge in [-0.15, -0.1) is 0 Å².